The molecule has 1 fully saturated rings. The van der Waals surface area contributed by atoms with E-state index in [9.17, 15) is 18.3 Å². The zero-order chi connectivity index (χ0) is 13.3. The molecular formula is C10H20N2O4S. The molecule has 17 heavy (non-hydrogen) atoms. The van der Waals surface area contributed by atoms with E-state index in [1.165, 1.54) is 18.9 Å². The van der Waals surface area contributed by atoms with Crippen LogP contribution < -0.4 is 5.32 Å². The minimum Gasteiger partial charge on any atom is -0.387 e. The number of aliphatic hydroxyl groups is 1. The summed E-state index contributed by atoms with van der Waals surface area (Å²) in [5.74, 6) is -0.479. The Bertz CT molecular complexity index is 387. The van der Waals surface area contributed by atoms with Crippen molar-refractivity contribution in [2.24, 2.45) is 0 Å². The fourth-order valence-corrected chi connectivity index (χ4v) is 2.42. The van der Waals surface area contributed by atoms with E-state index in [0.717, 1.165) is 6.26 Å². The van der Waals surface area contributed by atoms with Crippen LogP contribution in [0.15, 0.2) is 0 Å². The quantitative estimate of drug-likeness (QED) is 0.652. The average molecular weight is 264 g/mol. The molecule has 0 aromatic carbocycles. The summed E-state index contributed by atoms with van der Waals surface area (Å²) in [6, 6.07) is 0. The maximum atomic E-state index is 11.8. The van der Waals surface area contributed by atoms with Crippen molar-refractivity contribution in [1.82, 2.24) is 10.2 Å². The lowest BCUT2D eigenvalue weighted by Gasteiger charge is -2.29. The highest BCUT2D eigenvalue weighted by Gasteiger charge is 2.35. The Morgan fingerprint density at radius 2 is 2.18 bits per heavy atom. The van der Waals surface area contributed by atoms with Gasteiger partial charge in [0, 0.05) is 19.8 Å². The van der Waals surface area contributed by atoms with Gasteiger partial charge in [0.05, 0.1) is 12.1 Å². The van der Waals surface area contributed by atoms with Crippen LogP contribution in [0.2, 0.25) is 0 Å². The molecule has 0 saturated carbocycles. The molecule has 100 valence electrons. The Labute approximate surface area is 102 Å². The van der Waals surface area contributed by atoms with Gasteiger partial charge in [0.15, 0.2) is 9.84 Å². The molecule has 0 radical (unpaired) electrons. The molecule has 0 aromatic heterocycles. The number of hydrogen-bond donors (Lipinski definition) is 2. The molecule has 0 aromatic rings. The second-order valence-corrected chi connectivity index (χ2v) is 7.18. The number of sulfone groups is 1. The van der Waals surface area contributed by atoms with E-state index in [1.54, 1.807) is 0 Å². The van der Waals surface area contributed by atoms with Crippen molar-refractivity contribution in [3.05, 3.63) is 0 Å². The molecular weight excluding hydrogens is 244 g/mol. The molecule has 2 atom stereocenters. The zero-order valence-electron chi connectivity index (χ0n) is 10.4. The number of nitrogens with one attached hydrogen (secondary N) is 1. The number of amides is 1. The number of rotatable bonds is 4. The van der Waals surface area contributed by atoms with E-state index in [4.69, 9.17) is 0 Å². The van der Waals surface area contributed by atoms with Gasteiger partial charge in [-0.1, -0.05) is 0 Å². The third-order valence-corrected chi connectivity index (χ3v) is 4.60. The topological polar surface area (TPSA) is 86.7 Å². The molecule has 1 aliphatic heterocycles. The number of nitrogens with zero attached hydrogens (tertiary/aromatic N) is 1. The lowest BCUT2D eigenvalue weighted by atomic mass is 10.0. The van der Waals surface area contributed by atoms with Gasteiger partial charge in [0.1, 0.15) is 5.25 Å². The Morgan fingerprint density at radius 3 is 2.59 bits per heavy atom. The van der Waals surface area contributed by atoms with Crippen molar-refractivity contribution in [2.75, 3.05) is 32.9 Å². The van der Waals surface area contributed by atoms with E-state index >= 15 is 0 Å². The summed E-state index contributed by atoms with van der Waals surface area (Å²) in [5, 5.41) is 12.0. The van der Waals surface area contributed by atoms with Crippen molar-refractivity contribution in [1.29, 1.82) is 0 Å². The van der Waals surface area contributed by atoms with E-state index in [2.05, 4.69) is 5.32 Å². The number of carbonyl (C=O) groups is 1. The highest BCUT2D eigenvalue weighted by atomic mass is 32.2. The SMILES string of the molecule is CC(C(=O)N(C)CC1(O)CCNC1)S(C)(=O)=O. The zero-order valence-corrected chi connectivity index (χ0v) is 11.2. The van der Waals surface area contributed by atoms with Crippen molar-refractivity contribution in [3.8, 4) is 0 Å². The summed E-state index contributed by atoms with van der Waals surface area (Å²) >= 11 is 0. The second kappa shape index (κ2) is 4.91. The van der Waals surface area contributed by atoms with Gasteiger partial charge in [0.25, 0.3) is 0 Å². The second-order valence-electron chi connectivity index (χ2n) is 4.82. The predicted molar refractivity (Wildman–Crippen MR) is 64.4 cm³/mol. The van der Waals surface area contributed by atoms with Gasteiger partial charge in [-0.3, -0.25) is 4.79 Å². The molecule has 2 N–H and O–H groups in total. The molecule has 1 saturated heterocycles. The van der Waals surface area contributed by atoms with Crippen molar-refractivity contribution in [2.45, 2.75) is 24.2 Å². The number of hydrogen-bond acceptors (Lipinski definition) is 5. The summed E-state index contributed by atoms with van der Waals surface area (Å²) in [4.78, 5) is 13.1. The molecule has 7 heteroatoms. The summed E-state index contributed by atoms with van der Waals surface area (Å²) in [6.07, 6.45) is 1.60. The fourth-order valence-electron chi connectivity index (χ4n) is 1.88. The van der Waals surface area contributed by atoms with Crippen LogP contribution in [0.4, 0.5) is 0 Å². The minimum atomic E-state index is -3.39. The smallest absolute Gasteiger partial charge is 0.240 e. The minimum absolute atomic E-state index is 0.151. The lowest BCUT2D eigenvalue weighted by Crippen LogP contribution is -2.48. The molecule has 1 heterocycles. The van der Waals surface area contributed by atoms with E-state index < -0.39 is 26.6 Å². The summed E-state index contributed by atoms with van der Waals surface area (Å²) < 4.78 is 22.5. The standard InChI is InChI=1S/C10H20N2O4S/c1-8(17(3,15)16)9(13)12(2)7-10(14)4-5-11-6-10/h8,11,14H,4-7H2,1-3H3. The third kappa shape index (κ3) is 3.65. The van der Waals surface area contributed by atoms with Crippen LogP contribution in [0.5, 0.6) is 0 Å². The van der Waals surface area contributed by atoms with Crippen LogP contribution >= 0.6 is 0 Å². The molecule has 2 unspecified atom stereocenters. The van der Waals surface area contributed by atoms with Gasteiger partial charge in [-0.25, -0.2) is 8.42 Å². The first-order chi connectivity index (χ1) is 7.66. The van der Waals surface area contributed by atoms with Gasteiger partial charge in [-0.05, 0) is 19.9 Å². The molecule has 1 aliphatic rings. The monoisotopic (exact) mass is 264 g/mol. The molecule has 1 amide bonds. The number of likely N-dealkylation sites (N-methyl/N-ethyl adjacent to an activating group) is 1. The van der Waals surface area contributed by atoms with E-state index in [-0.39, 0.29) is 6.54 Å². The maximum Gasteiger partial charge on any atom is 0.240 e. The first-order valence-electron chi connectivity index (χ1n) is 5.53. The molecule has 1 rings (SSSR count). The Balaban J connectivity index is 2.64. The summed E-state index contributed by atoms with van der Waals surface area (Å²) in [7, 11) is -1.87. The lowest BCUT2D eigenvalue weighted by molar-refractivity contribution is -0.132. The fraction of sp³-hybridized carbons (Fsp3) is 0.900. The third-order valence-electron chi connectivity index (χ3n) is 3.12. The Morgan fingerprint density at radius 1 is 1.59 bits per heavy atom. The van der Waals surface area contributed by atoms with Gasteiger partial charge < -0.3 is 15.3 Å². The van der Waals surface area contributed by atoms with Crippen LogP contribution in [0, 0.1) is 0 Å². The molecule has 0 bridgehead atoms. The van der Waals surface area contributed by atoms with Crippen molar-refractivity contribution < 1.29 is 18.3 Å². The van der Waals surface area contributed by atoms with Crippen LogP contribution in [0.1, 0.15) is 13.3 Å². The van der Waals surface area contributed by atoms with Crippen LogP contribution in [-0.4, -0.2) is 68.1 Å². The Kier molecular flexibility index (Phi) is 4.16. The molecule has 6 nitrogen and oxygen atoms in total. The predicted octanol–water partition coefficient (Wildman–Crippen LogP) is -1.40. The van der Waals surface area contributed by atoms with Crippen LogP contribution in [-0.2, 0) is 14.6 Å². The molecule has 0 spiro atoms. The van der Waals surface area contributed by atoms with Crippen molar-refractivity contribution >= 4 is 15.7 Å². The number of carbonyl (C=O) groups excluding carboxylic acids is 1. The van der Waals surface area contributed by atoms with Gasteiger partial charge in [-0.2, -0.15) is 0 Å². The molecule has 0 aliphatic carbocycles. The van der Waals surface area contributed by atoms with Crippen LogP contribution in [0.25, 0.3) is 0 Å². The van der Waals surface area contributed by atoms with E-state index in [1.807, 2.05) is 0 Å². The highest BCUT2D eigenvalue weighted by Crippen LogP contribution is 2.16. The largest absolute Gasteiger partial charge is 0.387 e. The average Bonchev–Trinajstić information content (AvgIpc) is 2.61. The first kappa shape index (κ1) is 14.4. The highest BCUT2D eigenvalue weighted by molar-refractivity contribution is 7.92. The van der Waals surface area contributed by atoms with Crippen LogP contribution in [0.3, 0.4) is 0 Å². The van der Waals surface area contributed by atoms with Crippen molar-refractivity contribution in [3.63, 3.8) is 0 Å². The maximum absolute atomic E-state index is 11.8. The van der Waals surface area contributed by atoms with Gasteiger partial charge in [-0.15, -0.1) is 0 Å². The van der Waals surface area contributed by atoms with Gasteiger partial charge in [0.2, 0.25) is 5.91 Å². The first-order valence-corrected chi connectivity index (χ1v) is 7.48. The summed E-state index contributed by atoms with van der Waals surface area (Å²) in [5.41, 5.74) is -0.943. The summed E-state index contributed by atoms with van der Waals surface area (Å²) in [6.45, 7) is 2.65. The normalized spacial score (nSPS) is 26.8. The number of β-amino-alcohol motifs (C(OH)–C–C–N with tert-alkyl or cyclic N) is 1. The van der Waals surface area contributed by atoms with Gasteiger partial charge >= 0.3 is 0 Å². The Hall–Kier alpha value is -0.660. The van der Waals surface area contributed by atoms with E-state index in [0.29, 0.717) is 19.5 Å².